The van der Waals surface area contributed by atoms with Crippen molar-refractivity contribution >= 4 is 10.0 Å². The smallest absolute Gasteiger partial charge is 0.246 e. The Morgan fingerprint density at radius 2 is 2.21 bits per heavy atom. The van der Waals surface area contributed by atoms with Crippen LogP contribution in [0.2, 0.25) is 0 Å². The van der Waals surface area contributed by atoms with E-state index >= 15 is 0 Å². The molecule has 0 saturated carbocycles. The predicted molar refractivity (Wildman–Crippen MR) is 71.3 cm³/mol. The van der Waals surface area contributed by atoms with Gasteiger partial charge in [-0.2, -0.15) is 9.40 Å². The standard InChI is InChI=1S/C12H20N4O2S/c1-9-7-15-5-3-4-11(15)8-16(9)19(17,18)12-6-13-14-10(12)2/h6,9,11H,3-5,7-8H2,1-2H3,(H,13,14). The number of aromatic nitrogens is 2. The maximum atomic E-state index is 12.7. The summed E-state index contributed by atoms with van der Waals surface area (Å²) >= 11 is 0. The van der Waals surface area contributed by atoms with Crippen LogP contribution in [0.15, 0.2) is 11.1 Å². The van der Waals surface area contributed by atoms with Gasteiger partial charge in [-0.3, -0.25) is 10.00 Å². The number of H-pyrrole nitrogens is 1. The summed E-state index contributed by atoms with van der Waals surface area (Å²) in [4.78, 5) is 2.73. The van der Waals surface area contributed by atoms with Gasteiger partial charge in [0.05, 0.1) is 11.9 Å². The molecule has 7 heteroatoms. The third-order valence-electron chi connectivity index (χ3n) is 4.25. The van der Waals surface area contributed by atoms with Crippen molar-refractivity contribution in [1.29, 1.82) is 0 Å². The average Bonchev–Trinajstić information content (AvgIpc) is 2.95. The van der Waals surface area contributed by atoms with E-state index in [9.17, 15) is 8.42 Å². The lowest BCUT2D eigenvalue weighted by Gasteiger charge is -2.41. The zero-order valence-corrected chi connectivity index (χ0v) is 12.2. The summed E-state index contributed by atoms with van der Waals surface area (Å²) in [6.07, 6.45) is 3.69. The molecule has 106 valence electrons. The van der Waals surface area contributed by atoms with E-state index in [0.29, 0.717) is 23.2 Å². The highest BCUT2D eigenvalue weighted by molar-refractivity contribution is 7.89. The molecule has 3 rings (SSSR count). The minimum Gasteiger partial charge on any atom is -0.297 e. The fraction of sp³-hybridized carbons (Fsp3) is 0.750. The molecule has 0 radical (unpaired) electrons. The number of sulfonamides is 1. The van der Waals surface area contributed by atoms with Crippen LogP contribution in [0.5, 0.6) is 0 Å². The number of nitrogens with zero attached hydrogens (tertiary/aromatic N) is 3. The monoisotopic (exact) mass is 284 g/mol. The van der Waals surface area contributed by atoms with Crippen molar-refractivity contribution in [2.24, 2.45) is 0 Å². The third-order valence-corrected chi connectivity index (χ3v) is 6.34. The first-order chi connectivity index (χ1) is 9.00. The van der Waals surface area contributed by atoms with E-state index < -0.39 is 10.0 Å². The summed E-state index contributed by atoms with van der Waals surface area (Å²) < 4.78 is 27.1. The van der Waals surface area contributed by atoms with E-state index in [1.54, 1.807) is 11.2 Å². The molecule has 1 aromatic rings. The quantitative estimate of drug-likeness (QED) is 0.862. The maximum absolute atomic E-state index is 12.7. The minimum absolute atomic E-state index is 0.0219. The lowest BCUT2D eigenvalue weighted by molar-refractivity contribution is 0.117. The Kier molecular flexibility index (Phi) is 3.15. The summed E-state index contributed by atoms with van der Waals surface area (Å²) in [6.45, 7) is 6.28. The van der Waals surface area contributed by atoms with Gasteiger partial charge in [0.2, 0.25) is 10.0 Å². The summed E-state index contributed by atoms with van der Waals surface area (Å²) in [7, 11) is -3.42. The van der Waals surface area contributed by atoms with Crippen molar-refractivity contribution in [3.63, 3.8) is 0 Å². The molecule has 2 aliphatic heterocycles. The van der Waals surface area contributed by atoms with Gasteiger partial charge in [-0.1, -0.05) is 0 Å². The second-order valence-electron chi connectivity index (χ2n) is 5.57. The van der Waals surface area contributed by atoms with Crippen molar-refractivity contribution in [1.82, 2.24) is 19.4 Å². The van der Waals surface area contributed by atoms with Crippen molar-refractivity contribution in [2.75, 3.05) is 19.6 Å². The largest absolute Gasteiger partial charge is 0.297 e. The van der Waals surface area contributed by atoms with Crippen molar-refractivity contribution < 1.29 is 8.42 Å². The fourth-order valence-corrected chi connectivity index (χ4v) is 5.00. The molecule has 0 amide bonds. The zero-order chi connectivity index (χ0) is 13.6. The third kappa shape index (κ3) is 2.09. The first-order valence-corrected chi connectivity index (χ1v) is 8.20. The van der Waals surface area contributed by atoms with Crippen molar-refractivity contribution in [3.8, 4) is 0 Å². The molecule has 3 heterocycles. The van der Waals surface area contributed by atoms with Crippen molar-refractivity contribution in [3.05, 3.63) is 11.9 Å². The molecule has 2 saturated heterocycles. The second-order valence-corrected chi connectivity index (χ2v) is 7.43. The molecular formula is C12H20N4O2S. The Hall–Kier alpha value is -0.920. The molecular weight excluding hydrogens is 264 g/mol. The Morgan fingerprint density at radius 1 is 1.42 bits per heavy atom. The first kappa shape index (κ1) is 13.1. The van der Waals surface area contributed by atoms with Crippen LogP contribution in [0.4, 0.5) is 0 Å². The lowest BCUT2D eigenvalue weighted by atomic mass is 10.1. The van der Waals surface area contributed by atoms with Crippen molar-refractivity contribution in [2.45, 2.75) is 43.7 Å². The molecule has 0 aliphatic carbocycles. The molecule has 2 unspecified atom stereocenters. The Labute approximate surface area is 113 Å². The van der Waals surface area contributed by atoms with Crippen LogP contribution in [0.25, 0.3) is 0 Å². The highest BCUT2D eigenvalue weighted by atomic mass is 32.2. The Balaban J connectivity index is 1.91. The van der Waals surface area contributed by atoms with E-state index in [4.69, 9.17) is 0 Å². The highest BCUT2D eigenvalue weighted by Gasteiger charge is 2.40. The van der Waals surface area contributed by atoms with E-state index in [1.165, 1.54) is 12.6 Å². The van der Waals surface area contributed by atoms with Crippen LogP contribution in [-0.4, -0.2) is 59.5 Å². The van der Waals surface area contributed by atoms with Gasteiger partial charge >= 0.3 is 0 Å². The van der Waals surface area contributed by atoms with Gasteiger partial charge in [-0.05, 0) is 33.2 Å². The summed E-state index contributed by atoms with van der Waals surface area (Å²) in [5, 5.41) is 6.54. The topological polar surface area (TPSA) is 69.3 Å². The van der Waals surface area contributed by atoms with E-state index in [0.717, 1.165) is 19.5 Å². The minimum atomic E-state index is -3.42. The number of nitrogens with one attached hydrogen (secondary N) is 1. The van der Waals surface area contributed by atoms with Gasteiger partial charge in [0, 0.05) is 25.2 Å². The molecule has 6 nitrogen and oxygen atoms in total. The highest BCUT2D eigenvalue weighted by Crippen LogP contribution is 2.29. The Morgan fingerprint density at radius 3 is 2.89 bits per heavy atom. The SMILES string of the molecule is Cc1[nH]ncc1S(=O)(=O)N1CC2CCCN2CC1C. The normalized spacial score (nSPS) is 29.6. The molecule has 0 aromatic carbocycles. The molecule has 2 aliphatic rings. The summed E-state index contributed by atoms with van der Waals surface area (Å²) in [5.74, 6) is 0. The van der Waals surface area contributed by atoms with Crippen LogP contribution >= 0.6 is 0 Å². The van der Waals surface area contributed by atoms with Gasteiger partial charge in [0.1, 0.15) is 4.90 Å². The average molecular weight is 284 g/mol. The number of hydrogen-bond donors (Lipinski definition) is 1. The molecule has 1 N–H and O–H groups in total. The lowest BCUT2D eigenvalue weighted by Crippen LogP contribution is -2.56. The van der Waals surface area contributed by atoms with Crippen LogP contribution in [-0.2, 0) is 10.0 Å². The fourth-order valence-electron chi connectivity index (χ4n) is 3.22. The van der Waals surface area contributed by atoms with Gasteiger partial charge in [-0.25, -0.2) is 8.42 Å². The first-order valence-electron chi connectivity index (χ1n) is 6.76. The molecule has 0 spiro atoms. The molecule has 2 atom stereocenters. The molecule has 0 bridgehead atoms. The van der Waals surface area contributed by atoms with E-state index in [1.807, 2.05) is 6.92 Å². The van der Waals surface area contributed by atoms with Gasteiger partial charge in [-0.15, -0.1) is 0 Å². The van der Waals surface area contributed by atoms with Crippen LogP contribution in [0.3, 0.4) is 0 Å². The number of hydrogen-bond acceptors (Lipinski definition) is 4. The predicted octanol–water partition coefficient (Wildman–Crippen LogP) is 0.575. The number of aromatic amines is 1. The van der Waals surface area contributed by atoms with E-state index in [-0.39, 0.29) is 6.04 Å². The van der Waals surface area contributed by atoms with Crippen LogP contribution in [0, 0.1) is 6.92 Å². The number of fused-ring (bicyclic) bond motifs is 1. The van der Waals surface area contributed by atoms with Gasteiger partial charge in [0.15, 0.2) is 0 Å². The summed E-state index contributed by atoms with van der Waals surface area (Å²) in [6, 6.07) is 0.409. The van der Waals surface area contributed by atoms with Gasteiger partial charge < -0.3 is 0 Å². The number of aryl methyl sites for hydroxylation is 1. The van der Waals surface area contributed by atoms with Gasteiger partial charge in [0.25, 0.3) is 0 Å². The van der Waals surface area contributed by atoms with E-state index in [2.05, 4.69) is 15.1 Å². The maximum Gasteiger partial charge on any atom is 0.246 e. The number of piperazine rings is 1. The molecule has 1 aromatic heterocycles. The van der Waals surface area contributed by atoms with Crippen LogP contribution < -0.4 is 0 Å². The zero-order valence-electron chi connectivity index (χ0n) is 11.3. The Bertz CT molecular complexity index is 568. The molecule has 19 heavy (non-hydrogen) atoms. The second kappa shape index (κ2) is 4.57. The number of rotatable bonds is 2. The summed E-state index contributed by atoms with van der Waals surface area (Å²) in [5.41, 5.74) is 0.612. The molecule has 2 fully saturated rings. The van der Waals surface area contributed by atoms with Crippen LogP contribution in [0.1, 0.15) is 25.5 Å².